The molecule has 0 aliphatic heterocycles. The number of methoxy groups -OCH3 is 1. The summed E-state index contributed by atoms with van der Waals surface area (Å²) < 4.78 is 5.22. The van der Waals surface area contributed by atoms with Gasteiger partial charge in [-0.25, -0.2) is 0 Å². The monoisotopic (exact) mass is 204 g/mol. The highest BCUT2D eigenvalue weighted by molar-refractivity contribution is 5.59. The highest BCUT2D eigenvalue weighted by Gasteiger charge is 2.06. The smallest absolute Gasteiger partial charge is 0.142 e. The van der Waals surface area contributed by atoms with Crippen LogP contribution in [0, 0.1) is 11.3 Å². The van der Waals surface area contributed by atoms with Crippen molar-refractivity contribution >= 4 is 5.69 Å². The molecule has 0 aromatic heterocycles. The maximum Gasteiger partial charge on any atom is 0.142 e. The molecule has 1 N–H and O–H groups in total. The van der Waals surface area contributed by atoms with Crippen LogP contribution in [0.5, 0.6) is 5.75 Å². The van der Waals surface area contributed by atoms with Crippen molar-refractivity contribution in [1.82, 2.24) is 0 Å². The van der Waals surface area contributed by atoms with E-state index < -0.39 is 0 Å². The summed E-state index contributed by atoms with van der Waals surface area (Å²) in [6.45, 7) is 3.91. The fraction of sp³-hybridized carbons (Fsp3) is 0.417. The van der Waals surface area contributed by atoms with Crippen molar-refractivity contribution in [3.05, 3.63) is 23.8 Å². The summed E-state index contributed by atoms with van der Waals surface area (Å²) in [7, 11) is 1.63. The van der Waals surface area contributed by atoms with E-state index in [1.807, 2.05) is 25.1 Å². The molecular formula is C12H16N2O. The number of rotatable bonds is 4. The Morgan fingerprint density at radius 3 is 2.80 bits per heavy atom. The molecular weight excluding hydrogens is 188 g/mol. The number of nitrogens with zero attached hydrogens (tertiary/aromatic N) is 1. The Labute approximate surface area is 90.7 Å². The molecule has 1 aromatic rings. The Kier molecular flexibility index (Phi) is 3.99. The van der Waals surface area contributed by atoms with Gasteiger partial charge in [0, 0.05) is 0 Å². The van der Waals surface area contributed by atoms with Gasteiger partial charge in [0.15, 0.2) is 0 Å². The number of nitriles is 1. The van der Waals surface area contributed by atoms with Crippen LogP contribution in [-0.4, -0.2) is 13.2 Å². The number of aryl methyl sites for hydroxylation is 1. The van der Waals surface area contributed by atoms with Crippen LogP contribution in [0.4, 0.5) is 5.69 Å². The second-order valence-electron chi connectivity index (χ2n) is 3.38. The Morgan fingerprint density at radius 1 is 1.53 bits per heavy atom. The number of nitrogens with one attached hydrogen (secondary N) is 1. The minimum absolute atomic E-state index is 0.217. The van der Waals surface area contributed by atoms with Crippen molar-refractivity contribution < 1.29 is 4.74 Å². The van der Waals surface area contributed by atoms with Gasteiger partial charge < -0.3 is 10.1 Å². The van der Waals surface area contributed by atoms with Gasteiger partial charge in [0.25, 0.3) is 0 Å². The van der Waals surface area contributed by atoms with Gasteiger partial charge in [-0.15, -0.1) is 0 Å². The summed E-state index contributed by atoms with van der Waals surface area (Å²) in [6.07, 6.45) is 0.972. The number of benzene rings is 1. The third kappa shape index (κ3) is 2.88. The number of anilines is 1. The first kappa shape index (κ1) is 11.4. The van der Waals surface area contributed by atoms with Crippen molar-refractivity contribution in [2.75, 3.05) is 12.4 Å². The van der Waals surface area contributed by atoms with Crippen molar-refractivity contribution in [2.24, 2.45) is 0 Å². The topological polar surface area (TPSA) is 45.0 Å². The molecule has 3 heteroatoms. The fourth-order valence-corrected chi connectivity index (χ4v) is 1.35. The van der Waals surface area contributed by atoms with Crippen molar-refractivity contribution in [3.63, 3.8) is 0 Å². The molecule has 0 aliphatic rings. The third-order valence-corrected chi connectivity index (χ3v) is 2.24. The zero-order chi connectivity index (χ0) is 11.3. The van der Waals surface area contributed by atoms with E-state index in [1.54, 1.807) is 7.11 Å². The molecule has 3 nitrogen and oxygen atoms in total. The van der Waals surface area contributed by atoms with Crippen LogP contribution in [0.3, 0.4) is 0 Å². The summed E-state index contributed by atoms with van der Waals surface area (Å²) in [5, 5.41) is 11.8. The predicted molar refractivity (Wildman–Crippen MR) is 61.1 cm³/mol. The minimum atomic E-state index is -0.217. The van der Waals surface area contributed by atoms with Gasteiger partial charge in [-0.05, 0) is 31.0 Å². The van der Waals surface area contributed by atoms with Gasteiger partial charge in [0.2, 0.25) is 0 Å². The first-order chi connectivity index (χ1) is 7.21. The van der Waals surface area contributed by atoms with Crippen LogP contribution >= 0.6 is 0 Å². The van der Waals surface area contributed by atoms with Crippen molar-refractivity contribution in [2.45, 2.75) is 26.3 Å². The van der Waals surface area contributed by atoms with Gasteiger partial charge in [-0.2, -0.15) is 5.26 Å². The molecule has 0 saturated carbocycles. The number of hydrogen-bond donors (Lipinski definition) is 1. The fourth-order valence-electron chi connectivity index (χ4n) is 1.35. The van der Waals surface area contributed by atoms with Gasteiger partial charge in [-0.3, -0.25) is 0 Å². The van der Waals surface area contributed by atoms with Crippen molar-refractivity contribution in [3.8, 4) is 11.8 Å². The molecule has 0 saturated heterocycles. The van der Waals surface area contributed by atoms with Gasteiger partial charge in [-0.1, -0.05) is 13.0 Å². The Morgan fingerprint density at radius 2 is 2.27 bits per heavy atom. The van der Waals surface area contributed by atoms with E-state index in [4.69, 9.17) is 10.00 Å². The van der Waals surface area contributed by atoms with Gasteiger partial charge >= 0.3 is 0 Å². The zero-order valence-corrected chi connectivity index (χ0v) is 9.37. The van der Waals surface area contributed by atoms with Crippen LogP contribution in [0.2, 0.25) is 0 Å². The first-order valence-electron chi connectivity index (χ1n) is 5.04. The highest BCUT2D eigenvalue weighted by Crippen LogP contribution is 2.26. The summed E-state index contributed by atoms with van der Waals surface area (Å²) >= 11 is 0. The van der Waals surface area contributed by atoms with E-state index in [2.05, 4.69) is 18.3 Å². The molecule has 1 aromatic carbocycles. The lowest BCUT2D eigenvalue weighted by atomic mass is 10.1. The predicted octanol–water partition coefficient (Wildman–Crippen LogP) is 2.58. The first-order valence-corrected chi connectivity index (χ1v) is 5.04. The molecule has 1 atom stereocenters. The highest BCUT2D eigenvalue weighted by atomic mass is 16.5. The maximum atomic E-state index is 8.73. The molecule has 0 bridgehead atoms. The van der Waals surface area contributed by atoms with Crippen LogP contribution in [0.25, 0.3) is 0 Å². The normalized spacial score (nSPS) is 11.6. The standard InChI is InChI=1S/C12H16N2O/c1-4-10-5-6-12(15-3)11(7-10)14-9(2)8-13/h5-7,9,14H,4H2,1-3H3. The molecule has 0 spiro atoms. The van der Waals surface area contributed by atoms with E-state index in [0.29, 0.717) is 0 Å². The number of ether oxygens (including phenoxy) is 1. The van der Waals surface area contributed by atoms with Crippen molar-refractivity contribution in [1.29, 1.82) is 5.26 Å². The van der Waals surface area contributed by atoms with E-state index in [-0.39, 0.29) is 6.04 Å². The maximum absolute atomic E-state index is 8.73. The summed E-state index contributed by atoms with van der Waals surface area (Å²) in [4.78, 5) is 0. The Bertz CT molecular complexity index is 368. The second kappa shape index (κ2) is 5.26. The largest absolute Gasteiger partial charge is 0.495 e. The molecule has 0 fully saturated rings. The average molecular weight is 204 g/mol. The second-order valence-corrected chi connectivity index (χ2v) is 3.38. The summed E-state index contributed by atoms with van der Waals surface area (Å²) in [6, 6.07) is 7.89. The SMILES string of the molecule is CCc1ccc(OC)c(NC(C)C#N)c1. The molecule has 0 amide bonds. The molecule has 1 unspecified atom stereocenters. The summed E-state index contributed by atoms with van der Waals surface area (Å²) in [5.41, 5.74) is 2.11. The van der Waals surface area contributed by atoms with E-state index >= 15 is 0 Å². The molecule has 80 valence electrons. The van der Waals surface area contributed by atoms with Crippen LogP contribution in [0.15, 0.2) is 18.2 Å². The van der Waals surface area contributed by atoms with E-state index in [1.165, 1.54) is 5.56 Å². The van der Waals surface area contributed by atoms with Crippen LogP contribution in [-0.2, 0) is 6.42 Å². The molecule has 1 rings (SSSR count). The Hall–Kier alpha value is -1.69. The lowest BCUT2D eigenvalue weighted by Crippen LogP contribution is -2.13. The average Bonchev–Trinajstić information content (AvgIpc) is 2.28. The lowest BCUT2D eigenvalue weighted by Gasteiger charge is -2.13. The zero-order valence-electron chi connectivity index (χ0n) is 9.37. The molecule has 15 heavy (non-hydrogen) atoms. The Balaban J connectivity index is 2.97. The third-order valence-electron chi connectivity index (χ3n) is 2.24. The molecule has 0 aliphatic carbocycles. The molecule has 0 heterocycles. The lowest BCUT2D eigenvalue weighted by molar-refractivity contribution is 0.416. The van der Waals surface area contributed by atoms with Gasteiger partial charge in [0.1, 0.15) is 11.8 Å². The number of hydrogen-bond acceptors (Lipinski definition) is 3. The van der Waals surface area contributed by atoms with Crippen LogP contribution in [0.1, 0.15) is 19.4 Å². The van der Waals surface area contributed by atoms with E-state index in [9.17, 15) is 0 Å². The molecule has 0 radical (unpaired) electrons. The quantitative estimate of drug-likeness (QED) is 0.819. The van der Waals surface area contributed by atoms with Crippen LogP contribution < -0.4 is 10.1 Å². The van der Waals surface area contributed by atoms with Gasteiger partial charge in [0.05, 0.1) is 18.9 Å². The minimum Gasteiger partial charge on any atom is -0.495 e. The van der Waals surface area contributed by atoms with E-state index in [0.717, 1.165) is 17.9 Å². The summed E-state index contributed by atoms with van der Waals surface area (Å²) in [5.74, 6) is 0.773.